The number of hydrogen-bond donors (Lipinski definition) is 0. The quantitative estimate of drug-likeness (QED) is 0.647. The Labute approximate surface area is 124 Å². The molecule has 1 aromatic heterocycles. The summed E-state index contributed by atoms with van der Waals surface area (Å²) in [5.74, 6) is -0.143. The molecule has 2 heteroatoms. The molecule has 0 atom stereocenters. The Morgan fingerprint density at radius 2 is 1.62 bits per heavy atom. The van der Waals surface area contributed by atoms with Crippen LogP contribution in [0.2, 0.25) is 0 Å². The van der Waals surface area contributed by atoms with Gasteiger partial charge in [-0.3, -0.25) is 4.98 Å². The maximum absolute atomic E-state index is 13.6. The van der Waals surface area contributed by atoms with E-state index in [-0.39, 0.29) is 5.82 Å². The van der Waals surface area contributed by atoms with E-state index in [1.54, 1.807) is 6.07 Å². The predicted molar refractivity (Wildman–Crippen MR) is 84.4 cm³/mol. The molecule has 3 aromatic rings. The van der Waals surface area contributed by atoms with Crippen LogP contribution < -0.4 is 0 Å². The Balaban J connectivity index is 1.94. The maximum Gasteiger partial charge on any atom is 0.126 e. The van der Waals surface area contributed by atoms with E-state index in [1.165, 1.54) is 6.07 Å². The number of hydrogen-bond acceptors (Lipinski definition) is 1. The average Bonchev–Trinajstić information content (AvgIpc) is 2.56. The molecule has 0 N–H and O–H groups in total. The second-order valence-corrected chi connectivity index (χ2v) is 4.96. The Bertz CT molecular complexity index is 733. The number of rotatable bonds is 3. The lowest BCUT2D eigenvalue weighted by Crippen LogP contribution is -1.90. The van der Waals surface area contributed by atoms with Crippen molar-refractivity contribution in [2.45, 2.75) is 13.3 Å². The number of pyridine rings is 1. The second kappa shape index (κ2) is 5.88. The van der Waals surface area contributed by atoms with Gasteiger partial charge in [-0.15, -0.1) is 0 Å². The van der Waals surface area contributed by atoms with E-state index in [9.17, 15) is 4.39 Å². The van der Waals surface area contributed by atoms with E-state index in [1.807, 2.05) is 61.7 Å². The Morgan fingerprint density at radius 3 is 2.29 bits per heavy atom. The van der Waals surface area contributed by atoms with Gasteiger partial charge in [0, 0.05) is 17.3 Å². The average molecular weight is 277 g/mol. The number of halogens is 1. The summed E-state index contributed by atoms with van der Waals surface area (Å²) < 4.78 is 13.6. The van der Waals surface area contributed by atoms with Crippen LogP contribution in [0.1, 0.15) is 12.5 Å². The highest BCUT2D eigenvalue weighted by molar-refractivity contribution is 5.67. The van der Waals surface area contributed by atoms with Crippen LogP contribution in [0.3, 0.4) is 0 Å². The molecule has 2 aromatic carbocycles. The molecule has 104 valence electrons. The van der Waals surface area contributed by atoms with Crippen LogP contribution in [0.25, 0.3) is 22.4 Å². The summed E-state index contributed by atoms with van der Waals surface area (Å²) >= 11 is 0. The van der Waals surface area contributed by atoms with Gasteiger partial charge in [0.05, 0.1) is 5.69 Å². The van der Waals surface area contributed by atoms with E-state index in [0.29, 0.717) is 6.42 Å². The number of nitrogens with zero attached hydrogens (tertiary/aromatic N) is 1. The first-order valence-corrected chi connectivity index (χ1v) is 7.08. The van der Waals surface area contributed by atoms with Gasteiger partial charge in [-0.05, 0) is 35.7 Å². The monoisotopic (exact) mass is 277 g/mol. The topological polar surface area (TPSA) is 12.9 Å². The molecular formula is C19H16FN. The van der Waals surface area contributed by atoms with Gasteiger partial charge in [0.15, 0.2) is 0 Å². The molecule has 21 heavy (non-hydrogen) atoms. The minimum atomic E-state index is -0.143. The molecule has 0 aliphatic heterocycles. The first-order chi connectivity index (χ1) is 10.3. The molecule has 0 saturated carbocycles. The molecule has 0 radical (unpaired) electrons. The summed E-state index contributed by atoms with van der Waals surface area (Å²) in [5, 5.41) is 0. The van der Waals surface area contributed by atoms with Crippen LogP contribution in [0.15, 0.2) is 66.9 Å². The molecule has 1 heterocycles. The molecule has 1 nitrogen and oxygen atoms in total. The predicted octanol–water partition coefficient (Wildman–Crippen LogP) is 5.12. The maximum atomic E-state index is 13.6. The van der Waals surface area contributed by atoms with Crippen molar-refractivity contribution in [3.8, 4) is 22.4 Å². The molecule has 0 spiro atoms. The number of aryl methyl sites for hydroxylation is 1. The fourth-order valence-corrected chi connectivity index (χ4v) is 2.37. The first kappa shape index (κ1) is 13.5. The Hall–Kier alpha value is -2.48. The van der Waals surface area contributed by atoms with Gasteiger partial charge < -0.3 is 0 Å². The molecule has 0 fully saturated rings. The van der Waals surface area contributed by atoms with Gasteiger partial charge in [-0.25, -0.2) is 4.39 Å². The highest BCUT2D eigenvalue weighted by Gasteiger charge is 2.05. The third-order valence-electron chi connectivity index (χ3n) is 3.59. The first-order valence-electron chi connectivity index (χ1n) is 7.08. The summed E-state index contributed by atoms with van der Waals surface area (Å²) in [7, 11) is 0. The molecular weight excluding hydrogens is 261 g/mol. The SMILES string of the molecule is CCc1cc(-c2ccc(-c3ccccc3)nc2)ccc1F. The fraction of sp³-hybridized carbons (Fsp3) is 0.105. The van der Waals surface area contributed by atoms with Crippen molar-refractivity contribution in [3.05, 3.63) is 78.2 Å². The van der Waals surface area contributed by atoms with Crippen LogP contribution in [-0.2, 0) is 6.42 Å². The smallest absolute Gasteiger partial charge is 0.126 e. The van der Waals surface area contributed by atoms with Gasteiger partial charge in [0.1, 0.15) is 5.82 Å². The lowest BCUT2D eigenvalue weighted by atomic mass is 10.0. The van der Waals surface area contributed by atoms with Crippen LogP contribution in [-0.4, -0.2) is 4.98 Å². The molecule has 0 aliphatic carbocycles. The molecule has 0 unspecified atom stereocenters. The third kappa shape index (κ3) is 2.84. The van der Waals surface area contributed by atoms with Crippen molar-refractivity contribution in [3.63, 3.8) is 0 Å². The second-order valence-electron chi connectivity index (χ2n) is 4.96. The minimum absolute atomic E-state index is 0.143. The Kier molecular flexibility index (Phi) is 3.78. The normalized spacial score (nSPS) is 10.6. The van der Waals surface area contributed by atoms with Crippen LogP contribution in [0, 0.1) is 5.82 Å². The Morgan fingerprint density at radius 1 is 0.857 bits per heavy atom. The standard InChI is InChI=1S/C19H16FN/c1-2-14-12-16(8-10-18(14)20)17-9-11-19(21-13-17)15-6-4-3-5-7-15/h3-13H,2H2,1H3. The van der Waals surface area contributed by atoms with E-state index in [0.717, 1.165) is 27.9 Å². The summed E-state index contributed by atoms with van der Waals surface area (Å²) in [6.45, 7) is 1.96. The molecule has 0 amide bonds. The van der Waals surface area contributed by atoms with Crippen LogP contribution >= 0.6 is 0 Å². The van der Waals surface area contributed by atoms with Crippen molar-refractivity contribution in [1.29, 1.82) is 0 Å². The molecule has 0 aliphatic rings. The highest BCUT2D eigenvalue weighted by Crippen LogP contribution is 2.24. The molecule has 0 bridgehead atoms. The fourth-order valence-electron chi connectivity index (χ4n) is 2.37. The van der Waals surface area contributed by atoms with Crippen molar-refractivity contribution in [2.75, 3.05) is 0 Å². The van der Waals surface area contributed by atoms with E-state index in [2.05, 4.69) is 4.98 Å². The van der Waals surface area contributed by atoms with Gasteiger partial charge in [-0.1, -0.05) is 49.4 Å². The summed E-state index contributed by atoms with van der Waals surface area (Å²) in [4.78, 5) is 4.51. The number of aromatic nitrogens is 1. The van der Waals surface area contributed by atoms with Crippen molar-refractivity contribution < 1.29 is 4.39 Å². The van der Waals surface area contributed by atoms with Gasteiger partial charge in [-0.2, -0.15) is 0 Å². The van der Waals surface area contributed by atoms with Crippen LogP contribution in [0.5, 0.6) is 0 Å². The zero-order valence-corrected chi connectivity index (χ0v) is 11.9. The minimum Gasteiger partial charge on any atom is -0.256 e. The zero-order chi connectivity index (χ0) is 14.7. The summed E-state index contributed by atoms with van der Waals surface area (Å²) in [6.07, 6.45) is 2.53. The molecule has 3 rings (SSSR count). The van der Waals surface area contributed by atoms with E-state index < -0.39 is 0 Å². The third-order valence-corrected chi connectivity index (χ3v) is 3.59. The van der Waals surface area contributed by atoms with Crippen molar-refractivity contribution >= 4 is 0 Å². The lowest BCUT2D eigenvalue weighted by molar-refractivity contribution is 0.612. The lowest BCUT2D eigenvalue weighted by Gasteiger charge is -2.06. The van der Waals surface area contributed by atoms with Gasteiger partial charge >= 0.3 is 0 Å². The highest BCUT2D eigenvalue weighted by atomic mass is 19.1. The van der Waals surface area contributed by atoms with Gasteiger partial charge in [0.2, 0.25) is 0 Å². The summed E-state index contributed by atoms with van der Waals surface area (Å²) in [5.41, 5.74) is 4.78. The van der Waals surface area contributed by atoms with Crippen molar-refractivity contribution in [1.82, 2.24) is 4.98 Å². The molecule has 0 saturated heterocycles. The van der Waals surface area contributed by atoms with Crippen molar-refractivity contribution in [2.24, 2.45) is 0 Å². The number of benzene rings is 2. The van der Waals surface area contributed by atoms with Crippen LogP contribution in [0.4, 0.5) is 4.39 Å². The van der Waals surface area contributed by atoms with E-state index in [4.69, 9.17) is 0 Å². The largest absolute Gasteiger partial charge is 0.256 e. The summed E-state index contributed by atoms with van der Waals surface area (Å²) in [6, 6.07) is 19.3. The van der Waals surface area contributed by atoms with Gasteiger partial charge in [0.25, 0.3) is 0 Å². The van der Waals surface area contributed by atoms with E-state index >= 15 is 0 Å². The zero-order valence-electron chi connectivity index (χ0n) is 11.9.